The fourth-order valence-electron chi connectivity index (χ4n) is 8.22. The van der Waals surface area contributed by atoms with Crippen molar-refractivity contribution in [1.29, 1.82) is 0 Å². The van der Waals surface area contributed by atoms with Crippen molar-refractivity contribution in [1.82, 2.24) is 0 Å². The molecule has 252 valence electrons. The Bertz CT molecular complexity index is 2810. The highest BCUT2D eigenvalue weighted by Crippen LogP contribution is 2.46. The van der Waals surface area contributed by atoms with Crippen molar-refractivity contribution in [3.05, 3.63) is 218 Å². The summed E-state index contributed by atoms with van der Waals surface area (Å²) in [5, 5.41) is 7.51. The first kappa shape index (κ1) is 31.7. The lowest BCUT2D eigenvalue weighted by molar-refractivity contribution is 1.56. The molecule has 0 heterocycles. The lowest BCUT2D eigenvalue weighted by Gasteiger charge is -2.19. The zero-order valence-corrected chi connectivity index (χ0v) is 29.8. The number of rotatable bonds is 6. The van der Waals surface area contributed by atoms with Crippen LogP contribution in [0, 0.1) is 0 Å². The quantitative estimate of drug-likeness (QED) is 0.153. The van der Waals surface area contributed by atoms with Crippen molar-refractivity contribution < 1.29 is 0 Å². The molecule has 0 saturated carbocycles. The highest BCUT2D eigenvalue weighted by Gasteiger charge is 2.18. The van der Waals surface area contributed by atoms with Crippen molar-refractivity contribution in [3.63, 3.8) is 0 Å². The van der Waals surface area contributed by atoms with Crippen molar-refractivity contribution in [2.45, 2.75) is 0 Å². The standard InChI is InChI=1S/C54H36/c1-3-15-37(16-4-1)41-21-13-23-43(31-41)46-34-47(44-24-14-22-42(32-44)38-17-5-2-6-18-38)36-48(35-46)54-51-27-11-9-25-49(51)53(50-26-10-12-28-52(50)54)45-30-29-39-19-7-8-20-40(39)33-45/h1-36H. The summed E-state index contributed by atoms with van der Waals surface area (Å²) >= 11 is 0. The molecule has 0 N–H and O–H groups in total. The molecular formula is C54H36. The molecule has 0 spiro atoms. The maximum Gasteiger partial charge on any atom is -0.00259 e. The summed E-state index contributed by atoms with van der Waals surface area (Å²) in [4.78, 5) is 0. The Labute approximate surface area is 316 Å². The summed E-state index contributed by atoms with van der Waals surface area (Å²) < 4.78 is 0. The van der Waals surface area contributed by atoms with E-state index in [1.807, 2.05) is 0 Å². The SMILES string of the molecule is c1ccc(-c2cccc(-c3cc(-c4cccc(-c5ccccc5)c4)cc(-c4c5ccccc5c(-c5ccc6ccccc6c5)c5ccccc45)c3)c2)cc1. The molecule has 0 unspecified atom stereocenters. The van der Waals surface area contributed by atoms with Crippen molar-refractivity contribution in [2.24, 2.45) is 0 Å². The molecule has 0 radical (unpaired) electrons. The van der Waals surface area contributed by atoms with Crippen LogP contribution in [0.3, 0.4) is 0 Å². The molecule has 0 amide bonds. The summed E-state index contributed by atoms with van der Waals surface area (Å²) in [7, 11) is 0. The monoisotopic (exact) mass is 684 g/mol. The van der Waals surface area contributed by atoms with Gasteiger partial charge < -0.3 is 0 Å². The first-order chi connectivity index (χ1) is 26.8. The third-order valence-electron chi connectivity index (χ3n) is 10.8. The van der Waals surface area contributed by atoms with Crippen LogP contribution in [0.1, 0.15) is 0 Å². The molecule has 10 rings (SSSR count). The molecule has 0 aromatic heterocycles. The minimum atomic E-state index is 1.19. The Morgan fingerprint density at radius 2 is 0.519 bits per heavy atom. The smallest absolute Gasteiger partial charge is 0.00259 e. The first-order valence-corrected chi connectivity index (χ1v) is 18.7. The van der Waals surface area contributed by atoms with Gasteiger partial charge in [-0.25, -0.2) is 0 Å². The van der Waals surface area contributed by atoms with Gasteiger partial charge in [-0.15, -0.1) is 0 Å². The van der Waals surface area contributed by atoms with Crippen molar-refractivity contribution in [2.75, 3.05) is 0 Å². The van der Waals surface area contributed by atoms with E-state index < -0.39 is 0 Å². The molecule has 0 aliphatic carbocycles. The lowest BCUT2D eigenvalue weighted by Crippen LogP contribution is -1.92. The van der Waals surface area contributed by atoms with Gasteiger partial charge in [0.25, 0.3) is 0 Å². The molecule has 0 saturated heterocycles. The molecule has 0 bridgehead atoms. The Morgan fingerprint density at radius 3 is 1.02 bits per heavy atom. The summed E-state index contributed by atoms with van der Waals surface area (Å²) in [5.74, 6) is 0. The topological polar surface area (TPSA) is 0 Å². The molecule has 10 aromatic carbocycles. The maximum atomic E-state index is 2.40. The van der Waals surface area contributed by atoms with E-state index in [-0.39, 0.29) is 0 Å². The van der Waals surface area contributed by atoms with Gasteiger partial charge in [-0.1, -0.05) is 182 Å². The van der Waals surface area contributed by atoms with Gasteiger partial charge in [0.05, 0.1) is 0 Å². The fourth-order valence-corrected chi connectivity index (χ4v) is 8.22. The van der Waals surface area contributed by atoms with Crippen LogP contribution in [-0.2, 0) is 0 Å². The minimum absolute atomic E-state index is 1.19. The Balaban J connectivity index is 1.24. The van der Waals surface area contributed by atoms with Crippen LogP contribution in [0.2, 0.25) is 0 Å². The van der Waals surface area contributed by atoms with Crippen LogP contribution in [-0.4, -0.2) is 0 Å². The summed E-state index contributed by atoms with van der Waals surface area (Å²) in [6, 6.07) is 79.9. The van der Waals surface area contributed by atoms with E-state index in [1.165, 1.54) is 99.1 Å². The molecule has 0 nitrogen and oxygen atoms in total. The van der Waals surface area contributed by atoms with Crippen LogP contribution < -0.4 is 0 Å². The van der Waals surface area contributed by atoms with Crippen LogP contribution >= 0.6 is 0 Å². The third-order valence-corrected chi connectivity index (χ3v) is 10.8. The summed E-state index contributed by atoms with van der Waals surface area (Å²) in [6.07, 6.45) is 0. The van der Waals surface area contributed by atoms with Gasteiger partial charge in [0.15, 0.2) is 0 Å². The van der Waals surface area contributed by atoms with Gasteiger partial charge in [-0.3, -0.25) is 0 Å². The number of hydrogen-bond donors (Lipinski definition) is 0. The third kappa shape index (κ3) is 5.75. The highest BCUT2D eigenvalue weighted by atomic mass is 14.2. The van der Waals surface area contributed by atoms with Gasteiger partial charge in [0.1, 0.15) is 0 Å². The summed E-state index contributed by atoms with van der Waals surface area (Å²) in [6.45, 7) is 0. The molecule has 0 aliphatic rings. The summed E-state index contributed by atoms with van der Waals surface area (Å²) in [5.41, 5.74) is 14.6. The first-order valence-electron chi connectivity index (χ1n) is 18.7. The predicted octanol–water partition coefficient (Wildman–Crippen LogP) is 15.1. The molecule has 0 aliphatic heterocycles. The van der Waals surface area contributed by atoms with Gasteiger partial charge >= 0.3 is 0 Å². The zero-order chi connectivity index (χ0) is 35.8. The fraction of sp³-hybridized carbons (Fsp3) is 0. The van der Waals surface area contributed by atoms with Crippen LogP contribution in [0.4, 0.5) is 0 Å². The average Bonchev–Trinajstić information content (AvgIpc) is 3.26. The predicted molar refractivity (Wildman–Crippen MR) is 232 cm³/mol. The molecule has 0 atom stereocenters. The average molecular weight is 685 g/mol. The Kier molecular flexibility index (Phi) is 7.93. The van der Waals surface area contributed by atoms with Crippen molar-refractivity contribution >= 4 is 32.3 Å². The molecule has 0 heteroatoms. The second kappa shape index (κ2) is 13.5. The number of fused-ring (bicyclic) bond motifs is 3. The second-order valence-electron chi connectivity index (χ2n) is 14.1. The van der Waals surface area contributed by atoms with E-state index in [0.717, 1.165) is 0 Å². The molecule has 0 fully saturated rings. The van der Waals surface area contributed by atoms with E-state index in [0.29, 0.717) is 0 Å². The normalized spacial score (nSPS) is 11.3. The van der Waals surface area contributed by atoms with Crippen molar-refractivity contribution in [3.8, 4) is 66.8 Å². The van der Waals surface area contributed by atoms with Crippen LogP contribution in [0.5, 0.6) is 0 Å². The zero-order valence-electron chi connectivity index (χ0n) is 29.8. The Hall–Kier alpha value is -7.02. The van der Waals surface area contributed by atoms with Crippen LogP contribution in [0.25, 0.3) is 99.1 Å². The van der Waals surface area contributed by atoms with E-state index in [9.17, 15) is 0 Å². The second-order valence-corrected chi connectivity index (χ2v) is 14.1. The minimum Gasteiger partial charge on any atom is -0.0622 e. The van der Waals surface area contributed by atoms with E-state index in [4.69, 9.17) is 0 Å². The highest BCUT2D eigenvalue weighted by molar-refractivity contribution is 6.22. The van der Waals surface area contributed by atoms with Gasteiger partial charge in [0.2, 0.25) is 0 Å². The van der Waals surface area contributed by atoms with Gasteiger partial charge in [-0.2, -0.15) is 0 Å². The number of benzene rings is 10. The van der Waals surface area contributed by atoms with E-state index in [2.05, 4.69) is 218 Å². The molecule has 54 heavy (non-hydrogen) atoms. The van der Waals surface area contributed by atoms with E-state index in [1.54, 1.807) is 0 Å². The number of hydrogen-bond acceptors (Lipinski definition) is 0. The largest absolute Gasteiger partial charge is 0.0622 e. The maximum absolute atomic E-state index is 2.40. The van der Waals surface area contributed by atoms with Gasteiger partial charge in [0, 0.05) is 0 Å². The molecule has 10 aromatic rings. The lowest BCUT2D eigenvalue weighted by atomic mass is 9.84. The van der Waals surface area contributed by atoms with E-state index >= 15 is 0 Å². The Morgan fingerprint density at radius 1 is 0.167 bits per heavy atom. The van der Waals surface area contributed by atoms with Crippen LogP contribution in [0.15, 0.2) is 218 Å². The van der Waals surface area contributed by atoms with Gasteiger partial charge in [-0.05, 0) is 135 Å². The molecular weight excluding hydrogens is 649 g/mol.